The number of carbonyl (C=O) groups is 1. The molecule has 0 atom stereocenters. The molecule has 0 saturated carbocycles. The van der Waals surface area contributed by atoms with Gasteiger partial charge in [0.15, 0.2) is 22.7 Å². The number of aromatic nitrogens is 2. The second kappa shape index (κ2) is 10.6. The van der Waals surface area contributed by atoms with E-state index >= 15 is 0 Å². The molecule has 1 aliphatic heterocycles. The smallest absolute Gasteiger partial charge is 0.255 e. The lowest BCUT2D eigenvalue weighted by atomic mass is 9.96. The number of pyridine rings is 1. The summed E-state index contributed by atoms with van der Waals surface area (Å²) in [4.78, 5) is 22.1. The zero-order chi connectivity index (χ0) is 31.5. The maximum Gasteiger partial charge on any atom is 0.255 e. The molecule has 1 aliphatic rings. The lowest BCUT2D eigenvalue weighted by Crippen LogP contribution is -2.25. The first-order valence-corrected chi connectivity index (χ1v) is 15.7. The van der Waals surface area contributed by atoms with E-state index in [1.54, 1.807) is 42.6 Å². The van der Waals surface area contributed by atoms with Crippen LogP contribution < -0.4 is 19.1 Å². The molecule has 11 nitrogen and oxygen atoms in total. The average molecular weight is 629 g/mol. The Hall–Kier alpha value is -5.43. The minimum Gasteiger partial charge on any atom is -0.486 e. The Kier molecular flexibility index (Phi) is 6.70. The van der Waals surface area contributed by atoms with Gasteiger partial charge in [-0.25, -0.2) is 17.8 Å². The molecular formula is C32H25FN4O7S. The van der Waals surface area contributed by atoms with Gasteiger partial charge in [0.1, 0.15) is 30.4 Å². The molecule has 1 amide bonds. The van der Waals surface area contributed by atoms with Gasteiger partial charge in [-0.3, -0.25) is 9.10 Å². The van der Waals surface area contributed by atoms with Crippen molar-refractivity contribution >= 4 is 43.8 Å². The summed E-state index contributed by atoms with van der Waals surface area (Å²) in [5.41, 5.74) is 3.53. The van der Waals surface area contributed by atoms with Crippen LogP contribution in [0.4, 0.5) is 10.1 Å². The van der Waals surface area contributed by atoms with Crippen molar-refractivity contribution in [2.75, 3.05) is 37.9 Å². The molecule has 0 radical (unpaired) electrons. The zero-order valence-electron chi connectivity index (χ0n) is 24.3. The van der Waals surface area contributed by atoms with E-state index in [4.69, 9.17) is 18.3 Å². The van der Waals surface area contributed by atoms with Gasteiger partial charge in [0.05, 0.1) is 23.1 Å². The van der Waals surface area contributed by atoms with Crippen LogP contribution in [-0.4, -0.2) is 57.9 Å². The minimum atomic E-state index is -3.76. The number of furan rings is 1. The van der Waals surface area contributed by atoms with Gasteiger partial charge in [-0.05, 0) is 60.2 Å². The zero-order valence-corrected chi connectivity index (χ0v) is 25.1. The first-order chi connectivity index (χ1) is 21.6. The molecule has 45 heavy (non-hydrogen) atoms. The Labute approximate surface area is 256 Å². The normalized spacial score (nSPS) is 12.9. The van der Waals surface area contributed by atoms with Crippen molar-refractivity contribution in [3.05, 3.63) is 78.2 Å². The van der Waals surface area contributed by atoms with Crippen LogP contribution in [0.5, 0.6) is 11.5 Å². The van der Waals surface area contributed by atoms with Gasteiger partial charge in [0.2, 0.25) is 15.9 Å². The monoisotopic (exact) mass is 628 g/mol. The molecular weight excluding hydrogens is 603 g/mol. The standard InChI is InChI=1S/C32H25FN4O7S/c1-34-31(38)27-21-15-20(23(37(2)45(3,39)40)16-25(21)43-28(27)17-6-8-19(33)9-7-17)18-13-22(29-26(14-18)41-11-12-42-29)32-36-30-24(44-32)5-4-10-35-30/h4-10,13-16H,11-12H2,1-3H3,(H,34,38). The molecule has 13 heteroatoms. The van der Waals surface area contributed by atoms with Crippen molar-refractivity contribution < 1.29 is 35.9 Å². The fourth-order valence-corrected chi connectivity index (χ4v) is 5.82. The number of benzene rings is 3. The molecule has 1 N–H and O–H groups in total. The lowest BCUT2D eigenvalue weighted by Gasteiger charge is -2.24. The number of rotatable bonds is 6. The molecule has 3 aromatic carbocycles. The molecule has 0 aliphatic carbocycles. The number of anilines is 1. The third kappa shape index (κ3) is 4.90. The number of oxazole rings is 1. The number of nitrogens with zero attached hydrogens (tertiary/aromatic N) is 3. The van der Waals surface area contributed by atoms with Crippen LogP contribution in [0.1, 0.15) is 10.4 Å². The summed E-state index contributed by atoms with van der Waals surface area (Å²) in [5, 5.41) is 3.06. The van der Waals surface area contributed by atoms with E-state index in [1.807, 2.05) is 0 Å². The summed E-state index contributed by atoms with van der Waals surface area (Å²) >= 11 is 0. The van der Waals surface area contributed by atoms with Gasteiger partial charge in [0.25, 0.3) is 5.91 Å². The van der Waals surface area contributed by atoms with Crippen molar-refractivity contribution in [1.82, 2.24) is 15.3 Å². The third-order valence-electron chi connectivity index (χ3n) is 7.55. The molecule has 6 aromatic rings. The van der Waals surface area contributed by atoms with Gasteiger partial charge in [-0.2, -0.15) is 4.98 Å². The molecule has 228 valence electrons. The Morgan fingerprint density at radius 1 is 0.956 bits per heavy atom. The average Bonchev–Trinajstić information content (AvgIpc) is 3.64. The van der Waals surface area contributed by atoms with Gasteiger partial charge in [0, 0.05) is 42.9 Å². The summed E-state index contributed by atoms with van der Waals surface area (Å²) < 4.78 is 64.8. The van der Waals surface area contributed by atoms with E-state index in [9.17, 15) is 17.6 Å². The van der Waals surface area contributed by atoms with Crippen molar-refractivity contribution in [2.24, 2.45) is 0 Å². The van der Waals surface area contributed by atoms with E-state index in [0.29, 0.717) is 63.6 Å². The number of halogens is 1. The topological polar surface area (TPSA) is 137 Å². The highest BCUT2D eigenvalue weighted by molar-refractivity contribution is 7.92. The predicted octanol–water partition coefficient (Wildman–Crippen LogP) is 5.64. The molecule has 4 heterocycles. The molecule has 7 rings (SSSR count). The van der Waals surface area contributed by atoms with E-state index in [-0.39, 0.29) is 28.5 Å². The minimum absolute atomic E-state index is 0.205. The van der Waals surface area contributed by atoms with E-state index in [1.165, 1.54) is 38.4 Å². The van der Waals surface area contributed by atoms with Crippen LogP contribution in [0.15, 0.2) is 75.7 Å². The second-order valence-electron chi connectivity index (χ2n) is 10.4. The molecule has 0 spiro atoms. The Morgan fingerprint density at radius 2 is 1.73 bits per heavy atom. The predicted molar refractivity (Wildman–Crippen MR) is 165 cm³/mol. The van der Waals surface area contributed by atoms with Crippen molar-refractivity contribution in [1.29, 1.82) is 0 Å². The van der Waals surface area contributed by atoms with Crippen LogP contribution >= 0.6 is 0 Å². The van der Waals surface area contributed by atoms with Gasteiger partial charge >= 0.3 is 0 Å². The molecule has 0 unspecified atom stereocenters. The lowest BCUT2D eigenvalue weighted by molar-refractivity contribution is 0.0964. The molecule has 3 aromatic heterocycles. The Morgan fingerprint density at radius 3 is 2.47 bits per heavy atom. The Balaban J connectivity index is 1.52. The number of hydrogen-bond acceptors (Lipinski definition) is 9. The summed E-state index contributed by atoms with van der Waals surface area (Å²) in [7, 11) is -0.841. The van der Waals surface area contributed by atoms with Crippen molar-refractivity contribution in [3.63, 3.8) is 0 Å². The number of nitrogens with one attached hydrogen (secondary N) is 1. The molecule has 0 bridgehead atoms. The van der Waals surface area contributed by atoms with E-state index in [0.717, 1.165) is 10.6 Å². The fourth-order valence-electron chi connectivity index (χ4n) is 5.31. The number of hydrogen-bond donors (Lipinski definition) is 1. The number of fused-ring (bicyclic) bond motifs is 3. The van der Waals surface area contributed by atoms with Gasteiger partial charge in [-0.1, -0.05) is 0 Å². The van der Waals surface area contributed by atoms with Crippen LogP contribution in [-0.2, 0) is 10.0 Å². The highest BCUT2D eigenvalue weighted by Gasteiger charge is 2.28. The maximum atomic E-state index is 13.8. The highest BCUT2D eigenvalue weighted by atomic mass is 32.2. The summed E-state index contributed by atoms with van der Waals surface area (Å²) in [6, 6.07) is 15.8. The van der Waals surface area contributed by atoms with Crippen LogP contribution in [0, 0.1) is 5.82 Å². The number of sulfonamides is 1. The maximum absolute atomic E-state index is 13.8. The molecule has 0 fully saturated rings. The third-order valence-corrected chi connectivity index (χ3v) is 8.74. The first-order valence-electron chi connectivity index (χ1n) is 13.8. The summed E-state index contributed by atoms with van der Waals surface area (Å²) in [6.07, 6.45) is 2.70. The first kappa shape index (κ1) is 28.3. The Bertz CT molecular complexity index is 2210. The number of ether oxygens (including phenoxy) is 2. The van der Waals surface area contributed by atoms with E-state index < -0.39 is 21.7 Å². The second-order valence-corrected chi connectivity index (χ2v) is 12.4. The van der Waals surface area contributed by atoms with Gasteiger partial charge < -0.3 is 23.6 Å². The van der Waals surface area contributed by atoms with Crippen molar-refractivity contribution in [3.8, 4) is 45.4 Å². The fraction of sp³-hybridized carbons (Fsp3) is 0.156. The number of amides is 1. The summed E-state index contributed by atoms with van der Waals surface area (Å²) in [5.74, 6) is 0.381. The van der Waals surface area contributed by atoms with Crippen LogP contribution in [0.25, 0.3) is 56.1 Å². The van der Waals surface area contributed by atoms with Crippen molar-refractivity contribution in [2.45, 2.75) is 0 Å². The summed E-state index contributed by atoms with van der Waals surface area (Å²) in [6.45, 7) is 0.603. The highest BCUT2D eigenvalue weighted by Crippen LogP contribution is 2.47. The van der Waals surface area contributed by atoms with E-state index in [2.05, 4.69) is 15.3 Å². The quantitative estimate of drug-likeness (QED) is 0.249. The SMILES string of the molecule is CNC(=O)c1c(-c2ccc(F)cc2)oc2cc(N(C)S(C)(=O)=O)c(-c3cc4c(c(-c5nc6ncccc6o5)c3)OCCO4)cc12. The van der Waals surface area contributed by atoms with Crippen LogP contribution in [0.2, 0.25) is 0 Å². The number of carbonyl (C=O) groups excluding carboxylic acids is 1. The molecule has 0 saturated heterocycles. The largest absolute Gasteiger partial charge is 0.486 e. The van der Waals surface area contributed by atoms with Gasteiger partial charge in [-0.15, -0.1) is 0 Å². The van der Waals surface area contributed by atoms with Crippen LogP contribution in [0.3, 0.4) is 0 Å².